The number of ether oxygens (including phenoxy) is 1. The van der Waals surface area contributed by atoms with Gasteiger partial charge in [0.15, 0.2) is 0 Å². The molecule has 2 saturated carbocycles. The molecule has 4 nitrogen and oxygen atoms in total. The van der Waals surface area contributed by atoms with E-state index >= 15 is 0 Å². The van der Waals surface area contributed by atoms with Crippen molar-refractivity contribution in [1.29, 1.82) is 0 Å². The van der Waals surface area contributed by atoms with Gasteiger partial charge in [-0.15, -0.1) is 0 Å². The number of hydrogen-bond donors (Lipinski definition) is 0. The van der Waals surface area contributed by atoms with Gasteiger partial charge in [0.25, 0.3) is 0 Å². The fraction of sp³-hybridized carbons (Fsp3) is 0.667. The highest BCUT2D eigenvalue weighted by molar-refractivity contribution is 5.73. The van der Waals surface area contributed by atoms with Crippen molar-refractivity contribution in [3.63, 3.8) is 0 Å². The second-order valence-corrected chi connectivity index (χ2v) is 12.4. The molecular weight excluding hydrogens is 420 g/mol. The Balaban J connectivity index is 1.17. The van der Waals surface area contributed by atoms with E-state index < -0.39 is 0 Å². The molecule has 0 spiro atoms. The molecular formula is C30H40N2O2. The number of aromatic nitrogens is 1. The van der Waals surface area contributed by atoms with E-state index in [4.69, 9.17) is 4.74 Å². The molecule has 1 aromatic heterocycles. The van der Waals surface area contributed by atoms with E-state index in [1.54, 1.807) is 5.57 Å². The van der Waals surface area contributed by atoms with Gasteiger partial charge >= 0.3 is 5.97 Å². The normalized spacial score (nSPS) is 41.7. The molecule has 4 heteroatoms. The second kappa shape index (κ2) is 8.33. The zero-order valence-corrected chi connectivity index (χ0v) is 21.1. The summed E-state index contributed by atoms with van der Waals surface area (Å²) >= 11 is 0. The number of likely N-dealkylation sites (tertiary alicyclic amines) is 1. The van der Waals surface area contributed by atoms with Crippen molar-refractivity contribution in [2.45, 2.75) is 71.3 Å². The van der Waals surface area contributed by atoms with Crippen LogP contribution in [0, 0.1) is 34.5 Å². The van der Waals surface area contributed by atoms with Crippen molar-refractivity contribution < 1.29 is 9.53 Å². The first kappa shape index (κ1) is 22.5. The molecule has 182 valence electrons. The van der Waals surface area contributed by atoms with E-state index in [-0.39, 0.29) is 28.8 Å². The molecule has 3 fully saturated rings. The highest BCUT2D eigenvalue weighted by atomic mass is 16.5. The molecule has 3 unspecified atom stereocenters. The average Bonchev–Trinajstić information content (AvgIpc) is 3.43. The van der Waals surface area contributed by atoms with Crippen LogP contribution in [-0.4, -0.2) is 42.1 Å². The highest BCUT2D eigenvalue weighted by Gasteiger charge is 2.57. The van der Waals surface area contributed by atoms with Crippen LogP contribution >= 0.6 is 0 Å². The van der Waals surface area contributed by atoms with Crippen molar-refractivity contribution in [2.75, 3.05) is 20.1 Å². The van der Waals surface area contributed by atoms with Crippen LogP contribution < -0.4 is 0 Å². The van der Waals surface area contributed by atoms with E-state index in [0.717, 1.165) is 56.5 Å². The van der Waals surface area contributed by atoms with E-state index in [9.17, 15) is 4.79 Å². The summed E-state index contributed by atoms with van der Waals surface area (Å²) in [5.74, 6) is 2.35. The molecule has 1 aromatic rings. The lowest BCUT2D eigenvalue weighted by Gasteiger charge is -2.57. The number of esters is 1. The van der Waals surface area contributed by atoms with Gasteiger partial charge in [-0.05, 0) is 104 Å². The predicted octanol–water partition coefficient (Wildman–Crippen LogP) is 5.90. The lowest BCUT2D eigenvalue weighted by atomic mass is 9.47. The van der Waals surface area contributed by atoms with E-state index in [2.05, 4.69) is 61.3 Å². The van der Waals surface area contributed by atoms with Gasteiger partial charge in [0.2, 0.25) is 0 Å². The average molecular weight is 461 g/mol. The predicted molar refractivity (Wildman–Crippen MR) is 135 cm³/mol. The first-order chi connectivity index (χ1) is 16.4. The summed E-state index contributed by atoms with van der Waals surface area (Å²) in [6.45, 7) is 6.92. The second-order valence-electron chi connectivity index (χ2n) is 12.4. The van der Waals surface area contributed by atoms with Crippen LogP contribution in [0.25, 0.3) is 5.57 Å². The summed E-state index contributed by atoms with van der Waals surface area (Å²) in [5, 5.41) is 0. The van der Waals surface area contributed by atoms with Crippen LogP contribution in [0.5, 0.6) is 0 Å². The van der Waals surface area contributed by atoms with Crippen molar-refractivity contribution >= 4 is 11.5 Å². The standard InChI is InChI=1S/C30H40N2O2/c1-29-13-10-23(34-28(33)21-12-16-32(3)19-21)17-22(29)6-7-24-26-9-8-25(20-5-4-15-31-18-20)30(26,2)14-11-27(24)29/h4-6,8,15,18,21,23-24,26-27H,7,9-14,16-17,19H2,1-3H3/t21?,23-,24-,26?,27?,29-,30+/m0/s1. The van der Waals surface area contributed by atoms with Gasteiger partial charge in [-0.3, -0.25) is 9.78 Å². The Hall–Kier alpha value is -1.94. The number of pyridine rings is 1. The van der Waals surface area contributed by atoms with E-state index in [1.165, 1.54) is 36.8 Å². The van der Waals surface area contributed by atoms with Gasteiger partial charge < -0.3 is 9.64 Å². The minimum Gasteiger partial charge on any atom is -0.462 e. The first-order valence-electron chi connectivity index (χ1n) is 13.6. The molecule has 0 amide bonds. The summed E-state index contributed by atoms with van der Waals surface area (Å²) < 4.78 is 6.08. The van der Waals surface area contributed by atoms with Crippen LogP contribution in [-0.2, 0) is 9.53 Å². The number of fused-ring (bicyclic) bond motifs is 5. The molecule has 0 bridgehead atoms. The van der Waals surface area contributed by atoms with Crippen molar-refractivity contribution in [2.24, 2.45) is 34.5 Å². The highest BCUT2D eigenvalue weighted by Crippen LogP contribution is 2.66. The molecule has 5 aliphatic rings. The SMILES string of the molecule is CN1CCC(C(=O)O[C@H]2CC[C@@]3(C)C(=CC[C@@H]4C3CC[C@]3(C)C(c5cccnc5)=CCC43)C2)C1. The summed E-state index contributed by atoms with van der Waals surface area (Å²) in [7, 11) is 2.09. The first-order valence-corrected chi connectivity index (χ1v) is 13.6. The van der Waals surface area contributed by atoms with Crippen molar-refractivity contribution in [3.05, 3.63) is 47.8 Å². The number of nitrogens with zero attached hydrogens (tertiary/aromatic N) is 2. The molecule has 34 heavy (non-hydrogen) atoms. The smallest absolute Gasteiger partial charge is 0.310 e. The Kier molecular flexibility index (Phi) is 5.51. The number of carbonyl (C=O) groups excluding carboxylic acids is 1. The summed E-state index contributed by atoms with van der Waals surface area (Å²) in [6, 6.07) is 4.32. The van der Waals surface area contributed by atoms with Gasteiger partial charge in [0.1, 0.15) is 6.10 Å². The van der Waals surface area contributed by atoms with Crippen LogP contribution in [0.1, 0.15) is 70.8 Å². The Morgan fingerprint density at radius 2 is 1.94 bits per heavy atom. The van der Waals surface area contributed by atoms with Crippen molar-refractivity contribution in [3.8, 4) is 0 Å². The summed E-state index contributed by atoms with van der Waals surface area (Å²) in [4.78, 5) is 19.4. The van der Waals surface area contributed by atoms with E-state index in [1.807, 2.05) is 6.20 Å². The van der Waals surface area contributed by atoms with Gasteiger partial charge in [0.05, 0.1) is 5.92 Å². The molecule has 7 atom stereocenters. The zero-order chi connectivity index (χ0) is 23.5. The van der Waals surface area contributed by atoms with Crippen molar-refractivity contribution in [1.82, 2.24) is 9.88 Å². The van der Waals surface area contributed by atoms with Gasteiger partial charge in [-0.2, -0.15) is 0 Å². The number of hydrogen-bond acceptors (Lipinski definition) is 4. The molecule has 6 rings (SSSR count). The quantitative estimate of drug-likeness (QED) is 0.416. The minimum absolute atomic E-state index is 0.0423. The van der Waals surface area contributed by atoms with Gasteiger partial charge in [-0.25, -0.2) is 0 Å². The van der Waals surface area contributed by atoms with E-state index in [0.29, 0.717) is 0 Å². The molecule has 4 aliphatic carbocycles. The molecule has 0 radical (unpaired) electrons. The third-order valence-corrected chi connectivity index (χ3v) is 10.6. The Morgan fingerprint density at radius 3 is 2.71 bits per heavy atom. The molecule has 1 aliphatic heterocycles. The number of allylic oxidation sites excluding steroid dienone is 3. The Labute approximate surface area is 204 Å². The van der Waals surface area contributed by atoms with Gasteiger partial charge in [-0.1, -0.05) is 37.6 Å². The fourth-order valence-corrected chi connectivity index (χ4v) is 8.65. The molecule has 0 N–H and O–H groups in total. The van der Waals surface area contributed by atoms with Crippen LogP contribution in [0.3, 0.4) is 0 Å². The van der Waals surface area contributed by atoms with Crippen LogP contribution in [0.15, 0.2) is 42.3 Å². The lowest BCUT2D eigenvalue weighted by Crippen LogP contribution is -2.50. The largest absolute Gasteiger partial charge is 0.462 e. The lowest BCUT2D eigenvalue weighted by molar-refractivity contribution is -0.155. The number of carbonyl (C=O) groups is 1. The third kappa shape index (κ3) is 3.51. The number of rotatable bonds is 3. The van der Waals surface area contributed by atoms with Crippen LogP contribution in [0.4, 0.5) is 0 Å². The minimum atomic E-state index is 0.0423. The summed E-state index contributed by atoms with van der Waals surface area (Å²) in [5.41, 5.74) is 4.99. The maximum atomic E-state index is 12.8. The summed E-state index contributed by atoms with van der Waals surface area (Å²) in [6.07, 6.45) is 18.2. The maximum Gasteiger partial charge on any atom is 0.310 e. The fourth-order valence-electron chi connectivity index (χ4n) is 8.65. The Morgan fingerprint density at radius 1 is 1.09 bits per heavy atom. The zero-order valence-electron chi connectivity index (χ0n) is 21.1. The molecule has 1 saturated heterocycles. The Bertz CT molecular complexity index is 1020. The van der Waals surface area contributed by atoms with Gasteiger partial charge in [0, 0.05) is 25.4 Å². The maximum absolute atomic E-state index is 12.8. The molecule has 2 heterocycles. The molecule has 0 aromatic carbocycles. The topological polar surface area (TPSA) is 42.4 Å². The monoisotopic (exact) mass is 460 g/mol. The third-order valence-electron chi connectivity index (χ3n) is 10.6. The van der Waals surface area contributed by atoms with Crippen LogP contribution in [0.2, 0.25) is 0 Å².